The van der Waals surface area contributed by atoms with Crippen LogP contribution < -0.4 is 4.90 Å². The molecular formula is C15H12FN5OS. The van der Waals surface area contributed by atoms with Crippen molar-refractivity contribution >= 4 is 29.1 Å². The molecule has 116 valence electrons. The predicted molar refractivity (Wildman–Crippen MR) is 83.8 cm³/mol. The van der Waals surface area contributed by atoms with Gasteiger partial charge in [0, 0.05) is 18.9 Å². The molecule has 3 aromatic rings. The fourth-order valence-electron chi connectivity index (χ4n) is 2.56. The third-order valence-electron chi connectivity index (χ3n) is 3.64. The van der Waals surface area contributed by atoms with Crippen LogP contribution in [0.1, 0.15) is 6.42 Å². The zero-order valence-electron chi connectivity index (χ0n) is 12.0. The van der Waals surface area contributed by atoms with Gasteiger partial charge in [-0.1, -0.05) is 23.9 Å². The SMILES string of the molecule is O=C1[C@H](Sc2nc3ncccn3n2)CCN1c1ccccc1F. The minimum Gasteiger partial charge on any atom is -0.309 e. The lowest BCUT2D eigenvalue weighted by Crippen LogP contribution is -2.28. The fraction of sp³-hybridized carbons (Fsp3) is 0.200. The summed E-state index contributed by atoms with van der Waals surface area (Å²) < 4.78 is 15.4. The largest absolute Gasteiger partial charge is 0.309 e. The van der Waals surface area contributed by atoms with Crippen LogP contribution in [0.3, 0.4) is 0 Å². The maximum atomic E-state index is 13.9. The van der Waals surface area contributed by atoms with Crippen LogP contribution >= 0.6 is 11.8 Å². The number of hydrogen-bond donors (Lipinski definition) is 0. The normalized spacial score (nSPS) is 18.0. The second-order valence-corrected chi connectivity index (χ2v) is 6.26. The van der Waals surface area contributed by atoms with E-state index in [0.29, 0.717) is 29.6 Å². The number of para-hydroxylation sites is 1. The molecule has 1 atom stereocenters. The molecule has 1 aliphatic rings. The Morgan fingerprint density at radius 2 is 2.13 bits per heavy atom. The Balaban J connectivity index is 1.55. The molecule has 3 heterocycles. The van der Waals surface area contributed by atoms with Gasteiger partial charge in [-0.3, -0.25) is 4.79 Å². The van der Waals surface area contributed by atoms with Crippen LogP contribution in [0, 0.1) is 5.82 Å². The monoisotopic (exact) mass is 329 g/mol. The number of aromatic nitrogens is 4. The first-order valence-corrected chi connectivity index (χ1v) is 8.00. The van der Waals surface area contributed by atoms with Crippen molar-refractivity contribution in [1.82, 2.24) is 19.6 Å². The molecule has 0 spiro atoms. The molecule has 1 saturated heterocycles. The molecule has 2 aromatic heterocycles. The fourth-order valence-corrected chi connectivity index (χ4v) is 3.54. The molecule has 1 amide bonds. The third-order valence-corrected chi connectivity index (χ3v) is 4.75. The van der Waals surface area contributed by atoms with E-state index in [0.717, 1.165) is 0 Å². The standard InChI is InChI=1S/C15H12FN5OS/c16-10-4-1-2-5-11(10)20-9-6-12(13(20)22)23-15-18-14-17-7-3-8-21(14)19-15/h1-5,7-8,12H,6,9H2/t12-/m1/s1. The zero-order chi connectivity index (χ0) is 15.8. The van der Waals surface area contributed by atoms with Gasteiger partial charge in [0.15, 0.2) is 0 Å². The first-order chi connectivity index (χ1) is 11.2. The number of anilines is 1. The van der Waals surface area contributed by atoms with Crippen LogP contribution in [0.2, 0.25) is 0 Å². The van der Waals surface area contributed by atoms with E-state index in [2.05, 4.69) is 15.1 Å². The number of fused-ring (bicyclic) bond motifs is 1. The van der Waals surface area contributed by atoms with E-state index in [1.54, 1.807) is 41.2 Å². The lowest BCUT2D eigenvalue weighted by molar-refractivity contribution is -0.116. The van der Waals surface area contributed by atoms with Crippen molar-refractivity contribution in [1.29, 1.82) is 0 Å². The zero-order valence-corrected chi connectivity index (χ0v) is 12.8. The summed E-state index contributed by atoms with van der Waals surface area (Å²) in [5, 5.41) is 4.47. The van der Waals surface area contributed by atoms with Gasteiger partial charge < -0.3 is 4.90 Å². The van der Waals surface area contributed by atoms with E-state index >= 15 is 0 Å². The Morgan fingerprint density at radius 1 is 1.26 bits per heavy atom. The number of nitrogens with zero attached hydrogens (tertiary/aromatic N) is 5. The van der Waals surface area contributed by atoms with E-state index in [4.69, 9.17) is 0 Å². The molecule has 1 aliphatic heterocycles. The summed E-state index contributed by atoms with van der Waals surface area (Å²) in [4.78, 5) is 22.4. The van der Waals surface area contributed by atoms with Gasteiger partial charge in [-0.15, -0.1) is 5.10 Å². The molecule has 8 heteroatoms. The Bertz CT molecular complexity index is 850. The minimum atomic E-state index is -0.387. The summed E-state index contributed by atoms with van der Waals surface area (Å²) in [6, 6.07) is 8.07. The van der Waals surface area contributed by atoms with Crippen LogP contribution in [0.5, 0.6) is 0 Å². The van der Waals surface area contributed by atoms with Gasteiger partial charge in [-0.05, 0) is 24.6 Å². The first kappa shape index (κ1) is 14.1. The number of thioether (sulfide) groups is 1. The molecule has 6 nitrogen and oxygen atoms in total. The predicted octanol–water partition coefficient (Wildman–Crippen LogP) is 2.16. The van der Waals surface area contributed by atoms with Crippen LogP contribution in [0.15, 0.2) is 47.9 Å². The highest BCUT2D eigenvalue weighted by Crippen LogP contribution is 2.32. The molecule has 1 fully saturated rings. The van der Waals surface area contributed by atoms with Gasteiger partial charge >= 0.3 is 0 Å². The number of halogens is 1. The highest BCUT2D eigenvalue weighted by molar-refractivity contribution is 8.00. The number of hydrogen-bond acceptors (Lipinski definition) is 5. The average molecular weight is 329 g/mol. The summed E-state index contributed by atoms with van der Waals surface area (Å²) in [7, 11) is 0. The molecule has 0 saturated carbocycles. The Hall–Kier alpha value is -2.48. The molecule has 1 aromatic carbocycles. The molecule has 4 rings (SSSR count). The summed E-state index contributed by atoms with van der Waals surface area (Å²) in [6.07, 6.45) is 4.02. The molecule has 0 unspecified atom stereocenters. The van der Waals surface area contributed by atoms with Crippen LogP contribution in [-0.4, -0.2) is 37.3 Å². The number of amides is 1. The number of benzene rings is 1. The number of carbonyl (C=O) groups is 1. The molecule has 0 radical (unpaired) electrons. The highest BCUT2D eigenvalue weighted by atomic mass is 32.2. The lowest BCUT2D eigenvalue weighted by Gasteiger charge is -2.16. The van der Waals surface area contributed by atoms with Gasteiger partial charge in [-0.25, -0.2) is 13.9 Å². The second-order valence-electron chi connectivity index (χ2n) is 5.10. The third kappa shape index (κ3) is 2.55. The smallest absolute Gasteiger partial charge is 0.253 e. The summed E-state index contributed by atoms with van der Waals surface area (Å²) in [6.45, 7) is 0.489. The van der Waals surface area contributed by atoms with Crippen molar-refractivity contribution in [2.75, 3.05) is 11.4 Å². The number of carbonyl (C=O) groups excluding carboxylic acids is 1. The Kier molecular flexibility index (Phi) is 3.45. The molecule has 0 bridgehead atoms. The van der Waals surface area contributed by atoms with Crippen molar-refractivity contribution in [2.45, 2.75) is 16.8 Å². The van der Waals surface area contributed by atoms with Crippen LogP contribution in [-0.2, 0) is 4.79 Å². The van der Waals surface area contributed by atoms with Crippen molar-refractivity contribution < 1.29 is 9.18 Å². The van der Waals surface area contributed by atoms with E-state index in [1.165, 1.54) is 22.7 Å². The molecule has 23 heavy (non-hydrogen) atoms. The van der Waals surface area contributed by atoms with E-state index in [-0.39, 0.29) is 17.0 Å². The lowest BCUT2D eigenvalue weighted by atomic mass is 10.3. The minimum absolute atomic E-state index is 0.119. The van der Waals surface area contributed by atoms with Gasteiger partial charge in [0.05, 0.1) is 10.9 Å². The second kappa shape index (κ2) is 5.62. The van der Waals surface area contributed by atoms with E-state index < -0.39 is 0 Å². The highest BCUT2D eigenvalue weighted by Gasteiger charge is 2.35. The van der Waals surface area contributed by atoms with Gasteiger partial charge in [0.1, 0.15) is 5.82 Å². The van der Waals surface area contributed by atoms with Crippen LogP contribution in [0.25, 0.3) is 5.78 Å². The van der Waals surface area contributed by atoms with Gasteiger partial charge in [0.2, 0.25) is 11.1 Å². The van der Waals surface area contributed by atoms with E-state index in [9.17, 15) is 9.18 Å². The molecule has 0 N–H and O–H groups in total. The van der Waals surface area contributed by atoms with Crippen molar-refractivity contribution in [3.8, 4) is 0 Å². The van der Waals surface area contributed by atoms with E-state index in [1.807, 2.05) is 0 Å². The maximum Gasteiger partial charge on any atom is 0.253 e. The van der Waals surface area contributed by atoms with Gasteiger partial charge in [0.25, 0.3) is 5.78 Å². The average Bonchev–Trinajstić information content (AvgIpc) is 3.12. The van der Waals surface area contributed by atoms with Crippen molar-refractivity contribution in [3.05, 3.63) is 48.5 Å². The Labute approximate surface area is 135 Å². The van der Waals surface area contributed by atoms with Crippen LogP contribution in [0.4, 0.5) is 10.1 Å². The summed E-state index contributed by atoms with van der Waals surface area (Å²) in [5.41, 5.74) is 0.324. The quantitative estimate of drug-likeness (QED) is 0.737. The molecule has 0 aliphatic carbocycles. The number of rotatable bonds is 3. The summed E-state index contributed by atoms with van der Waals surface area (Å²) in [5.74, 6) is -0.0140. The van der Waals surface area contributed by atoms with Gasteiger partial charge in [-0.2, -0.15) is 4.98 Å². The molecular weight excluding hydrogens is 317 g/mol. The first-order valence-electron chi connectivity index (χ1n) is 7.12. The maximum absolute atomic E-state index is 13.9. The summed E-state index contributed by atoms with van der Waals surface area (Å²) >= 11 is 1.29. The van der Waals surface area contributed by atoms with Crippen molar-refractivity contribution in [3.63, 3.8) is 0 Å². The topological polar surface area (TPSA) is 63.4 Å². The Morgan fingerprint density at radius 3 is 2.96 bits per heavy atom. The van der Waals surface area contributed by atoms with Crippen molar-refractivity contribution in [2.24, 2.45) is 0 Å².